The van der Waals surface area contributed by atoms with Gasteiger partial charge in [-0.3, -0.25) is 4.79 Å². The Bertz CT molecular complexity index is 618. The maximum absolute atomic E-state index is 12.1. The van der Waals surface area contributed by atoms with Crippen LogP contribution in [-0.2, 0) is 4.79 Å². The molecule has 0 aromatic carbocycles. The first-order valence-electron chi connectivity index (χ1n) is 8.54. The molecule has 1 unspecified atom stereocenters. The lowest BCUT2D eigenvalue weighted by molar-refractivity contribution is -0.119. The largest absolute Gasteiger partial charge is 0.357 e. The third-order valence-corrected chi connectivity index (χ3v) is 6.68. The summed E-state index contributed by atoms with van der Waals surface area (Å²) in [5, 5.41) is 24.8. The molecule has 2 fully saturated rings. The first-order valence-corrected chi connectivity index (χ1v) is 10.3. The average molecular weight is 366 g/mol. The van der Waals surface area contributed by atoms with Crippen molar-refractivity contribution in [3.05, 3.63) is 0 Å². The molecule has 2 aliphatic rings. The Morgan fingerprint density at radius 1 is 1.33 bits per heavy atom. The zero-order valence-electron chi connectivity index (χ0n) is 13.9. The molecule has 0 saturated heterocycles. The minimum atomic E-state index is -0.730. The Kier molecular flexibility index (Phi) is 5.61. The minimum Gasteiger partial charge on any atom is -0.357 e. The Hall–Kier alpha value is -1.33. The molecule has 0 bridgehead atoms. The quantitative estimate of drug-likeness (QED) is 0.721. The number of hydrogen-bond donors (Lipinski definition) is 2. The third-order valence-electron chi connectivity index (χ3n) is 4.69. The predicted octanol–water partition coefficient (Wildman–Crippen LogP) is 3.18. The van der Waals surface area contributed by atoms with E-state index in [1.54, 1.807) is 0 Å². The van der Waals surface area contributed by atoms with E-state index in [0.717, 1.165) is 22.3 Å². The number of hydrogen-bond acceptors (Lipinski definition) is 7. The van der Waals surface area contributed by atoms with Crippen molar-refractivity contribution in [2.45, 2.75) is 67.8 Å². The highest BCUT2D eigenvalue weighted by molar-refractivity contribution is 8.01. The predicted molar refractivity (Wildman–Crippen MR) is 96.0 cm³/mol. The first-order chi connectivity index (χ1) is 11.6. The fourth-order valence-electron chi connectivity index (χ4n) is 3.08. The Labute approximate surface area is 150 Å². The zero-order chi connectivity index (χ0) is 17.0. The van der Waals surface area contributed by atoms with Crippen LogP contribution < -0.4 is 10.6 Å². The Morgan fingerprint density at radius 2 is 2.08 bits per heavy atom. The van der Waals surface area contributed by atoms with Gasteiger partial charge in [-0.25, -0.2) is 0 Å². The monoisotopic (exact) mass is 365 g/mol. The van der Waals surface area contributed by atoms with Gasteiger partial charge in [0, 0.05) is 6.04 Å². The molecule has 2 saturated carbocycles. The first kappa shape index (κ1) is 17.5. The summed E-state index contributed by atoms with van der Waals surface area (Å²) in [4.78, 5) is 12.1. The van der Waals surface area contributed by atoms with Crippen LogP contribution in [0.1, 0.15) is 51.9 Å². The molecule has 2 aliphatic carbocycles. The summed E-state index contributed by atoms with van der Waals surface area (Å²) in [7, 11) is 0. The van der Waals surface area contributed by atoms with Gasteiger partial charge < -0.3 is 10.6 Å². The second kappa shape index (κ2) is 7.70. The van der Waals surface area contributed by atoms with Crippen LogP contribution in [0.5, 0.6) is 0 Å². The van der Waals surface area contributed by atoms with Crippen LogP contribution in [0.3, 0.4) is 0 Å². The van der Waals surface area contributed by atoms with E-state index in [2.05, 4.69) is 26.9 Å². The van der Waals surface area contributed by atoms with Gasteiger partial charge in [0.25, 0.3) is 0 Å². The van der Waals surface area contributed by atoms with Gasteiger partial charge in [0.2, 0.25) is 11.0 Å². The van der Waals surface area contributed by atoms with Crippen LogP contribution in [-0.4, -0.2) is 33.4 Å². The molecule has 0 radical (unpaired) electrons. The summed E-state index contributed by atoms with van der Waals surface area (Å²) in [5.41, 5.74) is -0.730. The van der Waals surface area contributed by atoms with Crippen LogP contribution in [0.25, 0.3) is 0 Å². The van der Waals surface area contributed by atoms with Crippen molar-refractivity contribution in [2.24, 2.45) is 5.92 Å². The molecule has 1 aromatic rings. The molecule has 130 valence electrons. The number of nitrogens with one attached hydrogen (secondary N) is 2. The van der Waals surface area contributed by atoms with Gasteiger partial charge in [0.05, 0.1) is 11.8 Å². The van der Waals surface area contributed by atoms with E-state index in [9.17, 15) is 10.1 Å². The summed E-state index contributed by atoms with van der Waals surface area (Å²) in [6.07, 6.45) is 8.30. The van der Waals surface area contributed by atoms with Gasteiger partial charge in [-0.05, 0) is 38.5 Å². The molecule has 2 N–H and O–H groups in total. The van der Waals surface area contributed by atoms with E-state index in [4.69, 9.17) is 0 Å². The van der Waals surface area contributed by atoms with E-state index in [1.165, 1.54) is 55.2 Å². The molecule has 0 aliphatic heterocycles. The number of rotatable bonds is 7. The summed E-state index contributed by atoms with van der Waals surface area (Å²) in [6.45, 7) is 1.81. The standard InChI is InChI=1S/C16H23N5OS2/c1-16(10-17,11-7-8-11)19-13(22)9-23-15-21-20-14(24-15)18-12-5-3-2-4-6-12/h11-12H,2-9H2,1H3,(H,18,20)(H,19,22). The fourth-order valence-corrected chi connectivity index (χ4v) is 4.71. The van der Waals surface area contributed by atoms with E-state index >= 15 is 0 Å². The minimum absolute atomic E-state index is 0.118. The van der Waals surface area contributed by atoms with E-state index in [-0.39, 0.29) is 11.7 Å². The number of nitriles is 1. The number of carbonyl (C=O) groups is 1. The summed E-state index contributed by atoms with van der Waals surface area (Å²) in [5.74, 6) is 0.444. The van der Waals surface area contributed by atoms with Gasteiger partial charge in [-0.15, -0.1) is 10.2 Å². The van der Waals surface area contributed by atoms with Gasteiger partial charge in [0.1, 0.15) is 5.54 Å². The van der Waals surface area contributed by atoms with Crippen LogP contribution in [0.15, 0.2) is 4.34 Å². The number of anilines is 1. The molecular formula is C16H23N5OS2. The molecule has 1 amide bonds. The molecule has 6 nitrogen and oxygen atoms in total. The Balaban J connectivity index is 1.44. The van der Waals surface area contributed by atoms with Crippen LogP contribution in [0.4, 0.5) is 5.13 Å². The van der Waals surface area contributed by atoms with Crippen LogP contribution in [0, 0.1) is 17.2 Å². The summed E-state index contributed by atoms with van der Waals surface area (Å²) < 4.78 is 0.786. The smallest absolute Gasteiger partial charge is 0.231 e. The Morgan fingerprint density at radius 3 is 2.75 bits per heavy atom. The SMILES string of the molecule is CC(C#N)(NC(=O)CSc1nnc(NC2CCCCC2)s1)C1CC1. The second-order valence-electron chi connectivity index (χ2n) is 6.78. The molecule has 1 heterocycles. The van der Waals surface area contributed by atoms with Gasteiger partial charge in [0.15, 0.2) is 4.34 Å². The van der Waals surface area contributed by atoms with Crippen LogP contribution in [0.2, 0.25) is 0 Å². The maximum atomic E-state index is 12.1. The lowest BCUT2D eigenvalue weighted by Crippen LogP contribution is -2.47. The van der Waals surface area contributed by atoms with Gasteiger partial charge >= 0.3 is 0 Å². The molecule has 1 atom stereocenters. The van der Waals surface area contributed by atoms with Gasteiger partial charge in [-0.1, -0.05) is 42.4 Å². The van der Waals surface area contributed by atoms with Crippen molar-refractivity contribution >= 4 is 34.1 Å². The third kappa shape index (κ3) is 4.61. The highest BCUT2D eigenvalue weighted by atomic mass is 32.2. The van der Waals surface area contributed by atoms with Crippen LogP contribution >= 0.6 is 23.1 Å². The zero-order valence-corrected chi connectivity index (χ0v) is 15.5. The highest BCUT2D eigenvalue weighted by Crippen LogP contribution is 2.39. The van der Waals surface area contributed by atoms with Crippen molar-refractivity contribution in [1.29, 1.82) is 5.26 Å². The summed E-state index contributed by atoms with van der Waals surface area (Å²) in [6, 6.07) is 2.75. The average Bonchev–Trinajstić information content (AvgIpc) is 3.36. The number of amides is 1. The van der Waals surface area contributed by atoms with E-state index < -0.39 is 5.54 Å². The van der Waals surface area contributed by atoms with Crippen molar-refractivity contribution in [1.82, 2.24) is 15.5 Å². The van der Waals surface area contributed by atoms with Crippen molar-refractivity contribution in [3.8, 4) is 6.07 Å². The topological polar surface area (TPSA) is 90.7 Å². The normalized spacial score (nSPS) is 20.8. The lowest BCUT2D eigenvalue weighted by Gasteiger charge is -2.22. The fraction of sp³-hybridized carbons (Fsp3) is 0.750. The lowest BCUT2D eigenvalue weighted by atomic mass is 9.96. The summed E-state index contributed by atoms with van der Waals surface area (Å²) >= 11 is 2.87. The van der Waals surface area contributed by atoms with Gasteiger partial charge in [-0.2, -0.15) is 5.26 Å². The maximum Gasteiger partial charge on any atom is 0.231 e. The van der Waals surface area contributed by atoms with Crippen molar-refractivity contribution in [3.63, 3.8) is 0 Å². The number of thioether (sulfide) groups is 1. The molecule has 8 heteroatoms. The molecule has 3 rings (SSSR count). The van der Waals surface area contributed by atoms with E-state index in [0.29, 0.717) is 12.0 Å². The van der Waals surface area contributed by atoms with Crippen molar-refractivity contribution in [2.75, 3.05) is 11.1 Å². The number of aromatic nitrogens is 2. The molecule has 24 heavy (non-hydrogen) atoms. The van der Waals surface area contributed by atoms with Crippen molar-refractivity contribution < 1.29 is 4.79 Å². The number of nitrogens with zero attached hydrogens (tertiary/aromatic N) is 3. The number of carbonyl (C=O) groups excluding carboxylic acids is 1. The second-order valence-corrected chi connectivity index (χ2v) is 8.98. The molecule has 0 spiro atoms. The van der Waals surface area contributed by atoms with E-state index in [1.807, 2.05) is 6.92 Å². The highest BCUT2D eigenvalue weighted by Gasteiger charge is 2.42. The molecular weight excluding hydrogens is 342 g/mol. The molecule has 1 aromatic heterocycles.